The van der Waals surface area contributed by atoms with E-state index in [0.717, 1.165) is 19.3 Å². The second kappa shape index (κ2) is 7.13. The molecule has 0 aliphatic heterocycles. The Labute approximate surface area is 131 Å². The molecule has 6 heteroatoms. The van der Waals surface area contributed by atoms with Gasteiger partial charge in [-0.3, -0.25) is 11.3 Å². The van der Waals surface area contributed by atoms with Gasteiger partial charge in [-0.05, 0) is 43.1 Å². The van der Waals surface area contributed by atoms with Gasteiger partial charge in [0.05, 0.1) is 5.25 Å². The van der Waals surface area contributed by atoms with Crippen molar-refractivity contribution < 1.29 is 8.42 Å². The molecule has 1 aromatic carbocycles. The van der Waals surface area contributed by atoms with E-state index in [1.807, 2.05) is 18.4 Å². The first-order valence-electron chi connectivity index (χ1n) is 7.25. The number of sulfone groups is 1. The van der Waals surface area contributed by atoms with Gasteiger partial charge in [0.15, 0.2) is 0 Å². The van der Waals surface area contributed by atoms with Crippen LogP contribution in [0.4, 0.5) is 0 Å². The minimum atomic E-state index is -2.97. The van der Waals surface area contributed by atoms with Crippen molar-refractivity contribution in [2.45, 2.75) is 41.9 Å². The highest BCUT2D eigenvalue weighted by Crippen LogP contribution is 2.38. The summed E-state index contributed by atoms with van der Waals surface area (Å²) in [6, 6.07) is 8.21. The number of nitrogens with one attached hydrogen (secondary N) is 1. The van der Waals surface area contributed by atoms with Crippen LogP contribution < -0.4 is 11.3 Å². The van der Waals surface area contributed by atoms with Gasteiger partial charge in [0.25, 0.3) is 0 Å². The van der Waals surface area contributed by atoms with Crippen LogP contribution in [0.25, 0.3) is 0 Å². The van der Waals surface area contributed by atoms with Gasteiger partial charge in [-0.25, -0.2) is 8.42 Å². The normalized spacial score (nSPS) is 24.7. The molecular formula is C15H24N2O2S2. The lowest BCUT2D eigenvalue weighted by molar-refractivity contribution is 0.272. The molecule has 0 bridgehead atoms. The van der Waals surface area contributed by atoms with Gasteiger partial charge >= 0.3 is 0 Å². The average Bonchev–Trinajstić information content (AvgIpc) is 2.48. The average molecular weight is 329 g/mol. The molecule has 1 fully saturated rings. The van der Waals surface area contributed by atoms with Crippen molar-refractivity contribution in [1.29, 1.82) is 0 Å². The monoisotopic (exact) mass is 328 g/mol. The van der Waals surface area contributed by atoms with Crippen molar-refractivity contribution in [3.63, 3.8) is 0 Å². The zero-order valence-corrected chi connectivity index (χ0v) is 14.2. The molecule has 1 aromatic rings. The van der Waals surface area contributed by atoms with Gasteiger partial charge in [0.2, 0.25) is 0 Å². The molecule has 0 amide bonds. The highest BCUT2D eigenvalue weighted by atomic mass is 32.2. The second-order valence-corrected chi connectivity index (χ2v) is 8.94. The quantitative estimate of drug-likeness (QED) is 0.494. The van der Waals surface area contributed by atoms with Gasteiger partial charge in [0.1, 0.15) is 9.84 Å². The molecule has 1 saturated carbocycles. The maximum atomic E-state index is 11.8. The van der Waals surface area contributed by atoms with E-state index in [4.69, 9.17) is 5.84 Å². The van der Waals surface area contributed by atoms with Crippen molar-refractivity contribution in [2.24, 2.45) is 11.8 Å². The van der Waals surface area contributed by atoms with Crippen LogP contribution in [-0.4, -0.2) is 26.2 Å². The molecule has 3 N–H and O–H groups in total. The fourth-order valence-corrected chi connectivity index (χ4v) is 5.11. The molecule has 118 valence electrons. The summed E-state index contributed by atoms with van der Waals surface area (Å²) in [5, 5.41) is -0.228. The summed E-state index contributed by atoms with van der Waals surface area (Å²) in [7, 11) is -2.97. The zero-order chi connectivity index (χ0) is 15.5. The molecule has 4 nitrogen and oxygen atoms in total. The lowest BCUT2D eigenvalue weighted by Crippen LogP contribution is -2.38. The molecule has 1 aliphatic carbocycles. The third-order valence-corrected chi connectivity index (χ3v) is 6.85. The Morgan fingerprint density at radius 3 is 2.67 bits per heavy atom. The topological polar surface area (TPSA) is 72.2 Å². The number of nitrogens with two attached hydrogens (primary N) is 1. The van der Waals surface area contributed by atoms with E-state index in [-0.39, 0.29) is 17.2 Å². The Kier molecular flexibility index (Phi) is 5.71. The molecule has 2 rings (SSSR count). The first-order valence-corrected chi connectivity index (χ1v) is 10.4. The van der Waals surface area contributed by atoms with Crippen molar-refractivity contribution in [2.75, 3.05) is 12.5 Å². The first kappa shape index (κ1) is 16.8. The summed E-state index contributed by atoms with van der Waals surface area (Å²) in [6.45, 7) is 0. The molecule has 0 spiro atoms. The van der Waals surface area contributed by atoms with Crippen molar-refractivity contribution in [3.05, 3.63) is 29.8 Å². The van der Waals surface area contributed by atoms with E-state index in [0.29, 0.717) is 6.42 Å². The predicted octanol–water partition coefficient (Wildman–Crippen LogP) is 2.52. The van der Waals surface area contributed by atoms with Crippen LogP contribution in [0.15, 0.2) is 29.2 Å². The van der Waals surface area contributed by atoms with E-state index in [2.05, 4.69) is 17.6 Å². The molecule has 0 radical (unpaired) electrons. The fourth-order valence-electron chi connectivity index (χ4n) is 3.28. The van der Waals surface area contributed by atoms with Crippen LogP contribution in [0, 0.1) is 5.92 Å². The second-order valence-electron chi connectivity index (χ2n) is 5.76. The Morgan fingerprint density at radius 1 is 1.33 bits per heavy atom. The Balaban J connectivity index is 2.25. The number of rotatable bonds is 5. The Bertz CT molecular complexity index is 575. The molecule has 0 aromatic heterocycles. The molecule has 3 unspecified atom stereocenters. The number of benzene rings is 1. The third kappa shape index (κ3) is 4.00. The van der Waals surface area contributed by atoms with Crippen molar-refractivity contribution >= 4 is 21.6 Å². The molecule has 1 aliphatic rings. The molecule has 21 heavy (non-hydrogen) atoms. The third-order valence-electron chi connectivity index (χ3n) is 4.40. The van der Waals surface area contributed by atoms with Gasteiger partial charge in [-0.2, -0.15) is 0 Å². The number of hydrogen-bond acceptors (Lipinski definition) is 5. The largest absolute Gasteiger partial charge is 0.271 e. The van der Waals surface area contributed by atoms with Crippen molar-refractivity contribution in [3.8, 4) is 0 Å². The van der Waals surface area contributed by atoms with E-state index in [9.17, 15) is 8.42 Å². The maximum Gasteiger partial charge on any atom is 0.150 e. The fraction of sp³-hybridized carbons (Fsp3) is 0.600. The zero-order valence-electron chi connectivity index (χ0n) is 12.6. The summed E-state index contributed by atoms with van der Waals surface area (Å²) >= 11 is 1.70. The Hall–Kier alpha value is -0.560. The lowest BCUT2D eigenvalue weighted by Gasteiger charge is -2.34. The lowest BCUT2D eigenvalue weighted by atomic mass is 9.81. The summed E-state index contributed by atoms with van der Waals surface area (Å²) in [4.78, 5) is 1.20. The van der Waals surface area contributed by atoms with E-state index < -0.39 is 9.84 Å². The van der Waals surface area contributed by atoms with Crippen LogP contribution >= 0.6 is 11.8 Å². The smallest absolute Gasteiger partial charge is 0.150 e. The molecule has 3 atom stereocenters. The van der Waals surface area contributed by atoms with Crippen LogP contribution in [0.1, 0.15) is 37.3 Å². The van der Waals surface area contributed by atoms with E-state index >= 15 is 0 Å². The van der Waals surface area contributed by atoms with Gasteiger partial charge in [-0.1, -0.05) is 24.6 Å². The van der Waals surface area contributed by atoms with Crippen LogP contribution in [0.5, 0.6) is 0 Å². The van der Waals surface area contributed by atoms with Gasteiger partial charge in [0, 0.05) is 17.2 Å². The van der Waals surface area contributed by atoms with Crippen molar-refractivity contribution in [1.82, 2.24) is 5.43 Å². The maximum absolute atomic E-state index is 11.8. The summed E-state index contributed by atoms with van der Waals surface area (Å²) in [5.74, 6) is 6.07. The van der Waals surface area contributed by atoms with E-state index in [1.165, 1.54) is 16.7 Å². The Morgan fingerprint density at radius 2 is 2.05 bits per heavy atom. The highest BCUT2D eigenvalue weighted by Gasteiger charge is 2.33. The number of hydrazine groups is 1. The SMILES string of the molecule is CSc1ccccc1C(NN)C1CCCC(S(C)(=O)=O)C1. The summed E-state index contributed by atoms with van der Waals surface area (Å²) in [5.41, 5.74) is 4.10. The first-order chi connectivity index (χ1) is 9.97. The minimum absolute atomic E-state index is 0.0122. The summed E-state index contributed by atoms with van der Waals surface area (Å²) < 4.78 is 23.7. The van der Waals surface area contributed by atoms with E-state index in [1.54, 1.807) is 11.8 Å². The van der Waals surface area contributed by atoms with Gasteiger partial charge in [-0.15, -0.1) is 11.8 Å². The molecule has 0 saturated heterocycles. The number of hydrogen-bond donors (Lipinski definition) is 2. The van der Waals surface area contributed by atoms with Gasteiger partial charge < -0.3 is 0 Å². The highest BCUT2D eigenvalue weighted by molar-refractivity contribution is 7.98. The standard InChI is InChI=1S/C15H24N2O2S2/c1-20-14-9-4-3-8-13(14)15(17-16)11-6-5-7-12(10-11)21(2,18)19/h3-4,8-9,11-12,15,17H,5-7,10,16H2,1-2H3. The molecule has 0 heterocycles. The molecular weight excluding hydrogens is 304 g/mol. The predicted molar refractivity (Wildman–Crippen MR) is 88.9 cm³/mol. The van der Waals surface area contributed by atoms with Crippen LogP contribution in [0.2, 0.25) is 0 Å². The van der Waals surface area contributed by atoms with Crippen LogP contribution in [0.3, 0.4) is 0 Å². The summed E-state index contributed by atoms with van der Waals surface area (Å²) in [6.07, 6.45) is 6.83. The van der Waals surface area contributed by atoms with Crippen LogP contribution in [-0.2, 0) is 9.84 Å². The minimum Gasteiger partial charge on any atom is -0.271 e. The number of thioether (sulfide) groups is 1.